The van der Waals surface area contributed by atoms with E-state index in [0.717, 1.165) is 47.7 Å². The van der Waals surface area contributed by atoms with Gasteiger partial charge < -0.3 is 14.6 Å². The lowest BCUT2D eigenvalue weighted by atomic mass is 9.79. The van der Waals surface area contributed by atoms with Gasteiger partial charge in [-0.25, -0.2) is 4.98 Å². The van der Waals surface area contributed by atoms with Crippen LogP contribution in [0.15, 0.2) is 18.2 Å². The monoisotopic (exact) mass is 453 g/mol. The molecule has 0 saturated heterocycles. The van der Waals surface area contributed by atoms with Crippen molar-refractivity contribution in [1.82, 2.24) is 14.5 Å². The number of nitrogens with zero attached hydrogens (tertiary/aromatic N) is 3. The van der Waals surface area contributed by atoms with Crippen molar-refractivity contribution in [2.24, 2.45) is 5.92 Å². The summed E-state index contributed by atoms with van der Waals surface area (Å²) in [6.45, 7) is 5.92. The highest BCUT2D eigenvalue weighted by Gasteiger charge is 2.28. The van der Waals surface area contributed by atoms with Gasteiger partial charge in [0.05, 0.1) is 17.6 Å². The van der Waals surface area contributed by atoms with Crippen LogP contribution in [-0.4, -0.2) is 38.1 Å². The molecule has 2 aromatic rings. The lowest BCUT2D eigenvalue weighted by Crippen LogP contribution is -2.41. The molecule has 2 saturated carbocycles. The smallest absolute Gasteiger partial charge is 0.224 e. The number of hydrogen-bond acceptors (Lipinski definition) is 3. The average Bonchev–Trinajstić information content (AvgIpc) is 3.22. The Kier molecular flexibility index (Phi) is 8.45. The number of fused-ring (bicyclic) bond motifs is 1. The molecule has 1 amide bonds. The van der Waals surface area contributed by atoms with Crippen molar-refractivity contribution in [3.63, 3.8) is 0 Å². The first kappa shape index (κ1) is 24.3. The fraction of sp³-hybridized carbons (Fsp3) is 0.714. The second-order valence-corrected chi connectivity index (χ2v) is 10.3. The number of aromatic nitrogens is 2. The van der Waals surface area contributed by atoms with Crippen LogP contribution >= 0.6 is 0 Å². The molecule has 1 heterocycles. The summed E-state index contributed by atoms with van der Waals surface area (Å²) >= 11 is 0. The molecule has 1 aromatic heterocycles. The summed E-state index contributed by atoms with van der Waals surface area (Å²) in [7, 11) is 0. The van der Waals surface area contributed by atoms with E-state index in [1.807, 2.05) is 12.1 Å². The van der Waals surface area contributed by atoms with Gasteiger partial charge in [-0.15, -0.1) is 0 Å². The Morgan fingerprint density at radius 2 is 1.85 bits per heavy atom. The Morgan fingerprint density at radius 3 is 2.52 bits per heavy atom. The third-order valence-electron chi connectivity index (χ3n) is 8.16. The van der Waals surface area contributed by atoms with Crippen LogP contribution in [0.25, 0.3) is 11.0 Å². The second-order valence-electron chi connectivity index (χ2n) is 10.3. The van der Waals surface area contributed by atoms with Crippen molar-refractivity contribution in [1.29, 1.82) is 0 Å². The first-order chi connectivity index (χ1) is 16.1. The van der Waals surface area contributed by atoms with Crippen LogP contribution in [0.1, 0.15) is 108 Å². The van der Waals surface area contributed by atoms with Crippen molar-refractivity contribution >= 4 is 16.9 Å². The molecule has 4 rings (SSSR count). The quantitative estimate of drug-likeness (QED) is 0.494. The van der Waals surface area contributed by atoms with E-state index in [2.05, 4.69) is 29.4 Å². The summed E-state index contributed by atoms with van der Waals surface area (Å²) in [6, 6.07) is 6.49. The van der Waals surface area contributed by atoms with Crippen LogP contribution < -0.4 is 0 Å². The van der Waals surface area contributed by atoms with Gasteiger partial charge in [-0.3, -0.25) is 4.79 Å². The van der Waals surface area contributed by atoms with E-state index in [1.54, 1.807) is 0 Å². The third-order valence-corrected chi connectivity index (χ3v) is 8.16. The second kappa shape index (κ2) is 11.5. The van der Waals surface area contributed by atoms with Gasteiger partial charge in [-0.2, -0.15) is 0 Å². The normalized spacial score (nSPS) is 22.0. The van der Waals surface area contributed by atoms with Crippen LogP contribution in [0, 0.1) is 5.92 Å². The number of imidazole rings is 1. The molecule has 1 aromatic carbocycles. The van der Waals surface area contributed by atoms with E-state index in [9.17, 15) is 9.90 Å². The first-order valence-corrected chi connectivity index (χ1v) is 13.5. The minimum absolute atomic E-state index is 0.0306. The van der Waals surface area contributed by atoms with Gasteiger partial charge in [0, 0.05) is 31.5 Å². The van der Waals surface area contributed by atoms with Crippen LogP contribution in [0.5, 0.6) is 0 Å². The summed E-state index contributed by atoms with van der Waals surface area (Å²) in [4.78, 5) is 20.5. The number of rotatable bonds is 9. The zero-order valence-corrected chi connectivity index (χ0v) is 20.8. The maximum atomic E-state index is 13.3. The van der Waals surface area contributed by atoms with Gasteiger partial charge in [0.15, 0.2) is 0 Å². The van der Waals surface area contributed by atoms with Gasteiger partial charge in [0.1, 0.15) is 5.82 Å². The van der Waals surface area contributed by atoms with E-state index in [0.29, 0.717) is 24.9 Å². The predicted molar refractivity (Wildman–Crippen MR) is 134 cm³/mol. The van der Waals surface area contributed by atoms with E-state index < -0.39 is 0 Å². The van der Waals surface area contributed by atoms with Crippen molar-refractivity contribution in [3.8, 4) is 0 Å². The SMILES string of the molecule is CCCC1CCC(c2nc3ccc(CO)cc3n2CCC(=O)N(CC)C2CCCCC2)CC1. The summed E-state index contributed by atoms with van der Waals surface area (Å²) in [6.07, 6.45) is 14.2. The molecular weight excluding hydrogens is 410 g/mol. The third kappa shape index (κ3) is 5.62. The lowest BCUT2D eigenvalue weighted by Gasteiger charge is -2.34. The largest absolute Gasteiger partial charge is 0.392 e. The Bertz CT molecular complexity index is 907. The van der Waals surface area contributed by atoms with Crippen molar-refractivity contribution in [2.45, 2.75) is 116 Å². The minimum Gasteiger partial charge on any atom is -0.392 e. The fourth-order valence-electron chi connectivity index (χ4n) is 6.33. The summed E-state index contributed by atoms with van der Waals surface area (Å²) in [5, 5.41) is 9.70. The molecule has 0 bridgehead atoms. The topological polar surface area (TPSA) is 58.4 Å². The van der Waals surface area contributed by atoms with E-state index in [4.69, 9.17) is 4.98 Å². The Labute approximate surface area is 199 Å². The van der Waals surface area contributed by atoms with Crippen molar-refractivity contribution < 1.29 is 9.90 Å². The van der Waals surface area contributed by atoms with Crippen LogP contribution in [-0.2, 0) is 17.9 Å². The van der Waals surface area contributed by atoms with Crippen LogP contribution in [0.2, 0.25) is 0 Å². The molecule has 33 heavy (non-hydrogen) atoms. The molecule has 5 heteroatoms. The average molecular weight is 454 g/mol. The Balaban J connectivity index is 1.54. The molecule has 2 aliphatic carbocycles. The number of hydrogen-bond donors (Lipinski definition) is 1. The van der Waals surface area contributed by atoms with Crippen molar-refractivity contribution in [3.05, 3.63) is 29.6 Å². The summed E-state index contributed by atoms with van der Waals surface area (Å²) in [5.41, 5.74) is 2.97. The lowest BCUT2D eigenvalue weighted by molar-refractivity contribution is -0.134. The van der Waals surface area contributed by atoms with Gasteiger partial charge in [-0.05, 0) is 69.1 Å². The zero-order chi connectivity index (χ0) is 23.2. The standard InChI is InChI=1S/C28H43N3O2/c1-3-8-21-11-14-23(15-12-21)28-29-25-16-13-22(20-32)19-26(25)31(28)18-17-27(33)30(4-2)24-9-6-5-7-10-24/h13,16,19,21,23-24,32H,3-12,14-15,17-18,20H2,1-2H3. The van der Waals surface area contributed by atoms with Gasteiger partial charge in [-0.1, -0.05) is 45.1 Å². The van der Waals surface area contributed by atoms with E-state index >= 15 is 0 Å². The number of aryl methyl sites for hydroxylation is 1. The summed E-state index contributed by atoms with van der Waals surface area (Å²) in [5.74, 6) is 2.77. The Morgan fingerprint density at radius 1 is 1.09 bits per heavy atom. The summed E-state index contributed by atoms with van der Waals surface area (Å²) < 4.78 is 2.31. The first-order valence-electron chi connectivity index (χ1n) is 13.5. The molecule has 0 atom stereocenters. The molecule has 182 valence electrons. The highest BCUT2D eigenvalue weighted by molar-refractivity contribution is 5.79. The maximum absolute atomic E-state index is 13.3. The van der Waals surface area contributed by atoms with Crippen LogP contribution in [0.3, 0.4) is 0 Å². The molecule has 0 spiro atoms. The van der Waals surface area contributed by atoms with Crippen molar-refractivity contribution in [2.75, 3.05) is 6.54 Å². The predicted octanol–water partition coefficient (Wildman–Crippen LogP) is 6.17. The molecule has 0 unspecified atom stereocenters. The molecule has 2 fully saturated rings. The molecule has 1 N–H and O–H groups in total. The number of aliphatic hydroxyl groups is 1. The number of aliphatic hydroxyl groups excluding tert-OH is 1. The number of benzene rings is 1. The fourth-order valence-corrected chi connectivity index (χ4v) is 6.33. The molecule has 0 aliphatic heterocycles. The zero-order valence-electron chi connectivity index (χ0n) is 20.8. The molecule has 2 aliphatic rings. The van der Waals surface area contributed by atoms with Gasteiger partial charge >= 0.3 is 0 Å². The maximum Gasteiger partial charge on any atom is 0.224 e. The van der Waals surface area contributed by atoms with Crippen LogP contribution in [0.4, 0.5) is 0 Å². The molecule has 5 nitrogen and oxygen atoms in total. The van der Waals surface area contributed by atoms with E-state index in [1.165, 1.54) is 57.8 Å². The minimum atomic E-state index is 0.0306. The highest BCUT2D eigenvalue weighted by atomic mass is 16.3. The highest BCUT2D eigenvalue weighted by Crippen LogP contribution is 2.38. The molecular formula is C28H43N3O2. The van der Waals surface area contributed by atoms with Gasteiger partial charge in [0.2, 0.25) is 5.91 Å². The number of carbonyl (C=O) groups excluding carboxylic acids is 1. The number of carbonyl (C=O) groups is 1. The van der Waals surface area contributed by atoms with E-state index in [-0.39, 0.29) is 12.5 Å². The molecule has 0 radical (unpaired) electrons. The number of amides is 1. The van der Waals surface area contributed by atoms with Gasteiger partial charge in [0.25, 0.3) is 0 Å². The Hall–Kier alpha value is -1.88.